The Morgan fingerprint density at radius 2 is 1.93 bits per heavy atom. The quantitative estimate of drug-likeness (QED) is 0.831. The Morgan fingerprint density at radius 1 is 1.22 bits per heavy atom. The number of aliphatic hydroxyl groups is 1. The maximum absolute atomic E-state index is 12.8. The summed E-state index contributed by atoms with van der Waals surface area (Å²) in [4.78, 5) is 18.1. The molecule has 2 N–H and O–H groups in total. The Hall–Kier alpha value is -2.61. The lowest BCUT2D eigenvalue weighted by Gasteiger charge is -2.37. The molecule has 2 aromatic rings. The van der Waals surface area contributed by atoms with Crippen LogP contribution in [0.25, 0.3) is 0 Å². The minimum atomic E-state index is -4.47. The van der Waals surface area contributed by atoms with Crippen molar-refractivity contribution in [2.45, 2.75) is 31.5 Å². The summed E-state index contributed by atoms with van der Waals surface area (Å²) in [5.41, 5.74) is -0.304. The molecule has 0 bridgehead atoms. The molecule has 0 radical (unpaired) electrons. The summed E-state index contributed by atoms with van der Waals surface area (Å²) in [5, 5.41) is 13.3. The molecule has 144 valence electrons. The molecule has 1 fully saturated rings. The summed E-state index contributed by atoms with van der Waals surface area (Å²) in [6.07, 6.45) is -2.18. The number of rotatable bonds is 2. The number of piperidine rings is 1. The molecule has 1 aromatic heterocycles. The number of carbonyl (C=O) groups excluding carboxylic acids is 1. The standard InChI is InChI=1S/C19H20F3N3O2/c1-13-5-6-16(23-12-13)18(27)7-9-25(10-8-18)17(26)24-15-4-2-3-14(11-15)19(20,21)22/h2-6,11-12,27H,7-10H2,1H3,(H,24,26). The maximum atomic E-state index is 12.8. The number of nitrogens with one attached hydrogen (secondary N) is 1. The van der Waals surface area contributed by atoms with E-state index in [-0.39, 0.29) is 18.8 Å². The first-order chi connectivity index (χ1) is 12.7. The maximum Gasteiger partial charge on any atom is 0.416 e. The van der Waals surface area contributed by atoms with Gasteiger partial charge in [-0.25, -0.2) is 4.79 Å². The average molecular weight is 379 g/mol. The minimum Gasteiger partial charge on any atom is -0.383 e. The minimum absolute atomic E-state index is 0.0795. The van der Waals surface area contributed by atoms with Gasteiger partial charge < -0.3 is 15.3 Å². The van der Waals surface area contributed by atoms with E-state index in [1.54, 1.807) is 12.3 Å². The lowest BCUT2D eigenvalue weighted by Crippen LogP contribution is -2.47. The SMILES string of the molecule is Cc1ccc(C2(O)CCN(C(=O)Nc3cccc(C(F)(F)F)c3)CC2)nc1. The zero-order valence-electron chi connectivity index (χ0n) is 14.8. The normalized spacial score (nSPS) is 16.9. The highest BCUT2D eigenvalue weighted by atomic mass is 19.4. The third-order valence-electron chi connectivity index (χ3n) is 4.71. The molecule has 27 heavy (non-hydrogen) atoms. The van der Waals surface area contributed by atoms with E-state index in [1.807, 2.05) is 13.0 Å². The van der Waals surface area contributed by atoms with Gasteiger partial charge in [0.25, 0.3) is 0 Å². The van der Waals surface area contributed by atoms with Crippen LogP contribution in [-0.2, 0) is 11.8 Å². The molecule has 8 heteroatoms. The van der Waals surface area contributed by atoms with E-state index >= 15 is 0 Å². The third-order valence-corrected chi connectivity index (χ3v) is 4.71. The number of benzene rings is 1. The van der Waals surface area contributed by atoms with Crippen LogP contribution in [0.15, 0.2) is 42.6 Å². The fourth-order valence-corrected chi connectivity index (χ4v) is 3.05. The van der Waals surface area contributed by atoms with Crippen molar-refractivity contribution in [1.29, 1.82) is 0 Å². The fraction of sp³-hybridized carbons (Fsp3) is 0.368. The van der Waals surface area contributed by atoms with Crippen molar-refractivity contribution in [1.82, 2.24) is 9.88 Å². The highest BCUT2D eigenvalue weighted by Gasteiger charge is 2.36. The van der Waals surface area contributed by atoms with E-state index in [0.717, 1.165) is 17.7 Å². The molecule has 0 spiro atoms. The largest absolute Gasteiger partial charge is 0.416 e. The number of pyridine rings is 1. The molecule has 2 amide bonds. The lowest BCUT2D eigenvalue weighted by atomic mass is 9.87. The summed E-state index contributed by atoms with van der Waals surface area (Å²) in [5.74, 6) is 0. The molecule has 0 saturated carbocycles. The smallest absolute Gasteiger partial charge is 0.383 e. The van der Waals surface area contributed by atoms with Gasteiger partial charge in [0.05, 0.1) is 11.3 Å². The number of hydrogen-bond donors (Lipinski definition) is 2. The van der Waals surface area contributed by atoms with Crippen LogP contribution in [0, 0.1) is 6.92 Å². The Balaban J connectivity index is 1.63. The van der Waals surface area contributed by atoms with Gasteiger partial charge >= 0.3 is 12.2 Å². The topological polar surface area (TPSA) is 65.5 Å². The van der Waals surface area contributed by atoms with Gasteiger partial charge in [0.15, 0.2) is 0 Å². The number of anilines is 1. The van der Waals surface area contributed by atoms with Crippen LogP contribution in [0.3, 0.4) is 0 Å². The predicted molar refractivity (Wildman–Crippen MR) is 94.1 cm³/mol. The molecule has 0 atom stereocenters. The van der Waals surface area contributed by atoms with Gasteiger partial charge in [0.2, 0.25) is 0 Å². The van der Waals surface area contributed by atoms with Crippen molar-refractivity contribution in [2.24, 2.45) is 0 Å². The monoisotopic (exact) mass is 379 g/mol. The second kappa shape index (κ2) is 7.19. The van der Waals surface area contributed by atoms with E-state index in [9.17, 15) is 23.1 Å². The van der Waals surface area contributed by atoms with E-state index in [1.165, 1.54) is 17.0 Å². The van der Waals surface area contributed by atoms with Crippen molar-refractivity contribution < 1.29 is 23.1 Å². The van der Waals surface area contributed by atoms with Crippen molar-refractivity contribution in [3.63, 3.8) is 0 Å². The average Bonchev–Trinajstić information content (AvgIpc) is 2.62. The molecule has 1 aliphatic rings. The van der Waals surface area contributed by atoms with Gasteiger partial charge in [-0.2, -0.15) is 13.2 Å². The third kappa shape index (κ3) is 4.39. The lowest BCUT2D eigenvalue weighted by molar-refractivity contribution is -0.137. The molecule has 3 rings (SSSR count). The Kier molecular flexibility index (Phi) is 5.10. The summed E-state index contributed by atoms with van der Waals surface area (Å²) in [6.45, 7) is 2.45. The fourth-order valence-electron chi connectivity index (χ4n) is 3.05. The zero-order chi connectivity index (χ0) is 19.7. The van der Waals surface area contributed by atoms with Crippen LogP contribution in [0.5, 0.6) is 0 Å². The summed E-state index contributed by atoms with van der Waals surface area (Å²) in [7, 11) is 0. The first-order valence-corrected chi connectivity index (χ1v) is 8.56. The molecular weight excluding hydrogens is 359 g/mol. The first kappa shape index (κ1) is 19.2. The predicted octanol–water partition coefficient (Wildman–Crippen LogP) is 3.92. The van der Waals surface area contributed by atoms with Crippen molar-refractivity contribution in [3.05, 3.63) is 59.4 Å². The van der Waals surface area contributed by atoms with Gasteiger partial charge in [0.1, 0.15) is 5.60 Å². The number of likely N-dealkylation sites (tertiary alicyclic amines) is 1. The number of urea groups is 1. The Morgan fingerprint density at radius 3 is 2.52 bits per heavy atom. The molecule has 5 nitrogen and oxygen atoms in total. The van der Waals surface area contributed by atoms with Gasteiger partial charge in [-0.05, 0) is 49.6 Å². The summed E-state index contributed by atoms with van der Waals surface area (Å²) in [6, 6.07) is 7.65. The molecule has 2 heterocycles. The zero-order valence-corrected chi connectivity index (χ0v) is 14.8. The highest BCUT2D eigenvalue weighted by molar-refractivity contribution is 5.89. The van der Waals surface area contributed by atoms with E-state index in [2.05, 4.69) is 10.3 Å². The van der Waals surface area contributed by atoms with Gasteiger partial charge in [-0.3, -0.25) is 4.98 Å². The number of hydrogen-bond acceptors (Lipinski definition) is 3. The molecule has 0 aliphatic carbocycles. The number of aryl methyl sites for hydroxylation is 1. The summed E-state index contributed by atoms with van der Waals surface area (Å²) >= 11 is 0. The second-order valence-electron chi connectivity index (χ2n) is 6.75. The molecule has 0 unspecified atom stereocenters. The van der Waals surface area contributed by atoms with Gasteiger partial charge in [-0.15, -0.1) is 0 Å². The summed E-state index contributed by atoms with van der Waals surface area (Å²) < 4.78 is 38.3. The van der Waals surface area contributed by atoms with Crippen molar-refractivity contribution >= 4 is 11.7 Å². The Bertz CT molecular complexity index is 814. The molecule has 1 saturated heterocycles. The number of alkyl halides is 3. The number of halogens is 3. The van der Waals surface area contributed by atoms with Gasteiger partial charge in [-0.1, -0.05) is 12.1 Å². The van der Waals surface area contributed by atoms with Crippen molar-refractivity contribution in [2.75, 3.05) is 18.4 Å². The molecular formula is C19H20F3N3O2. The Labute approximate surface area is 154 Å². The highest BCUT2D eigenvalue weighted by Crippen LogP contribution is 2.33. The molecule has 1 aromatic carbocycles. The van der Waals surface area contributed by atoms with Crippen LogP contribution >= 0.6 is 0 Å². The number of carbonyl (C=O) groups is 1. The van der Waals surface area contributed by atoms with Crippen LogP contribution in [-0.4, -0.2) is 34.1 Å². The first-order valence-electron chi connectivity index (χ1n) is 8.56. The second-order valence-corrected chi connectivity index (χ2v) is 6.75. The van der Waals surface area contributed by atoms with Gasteiger partial charge in [0, 0.05) is 25.0 Å². The van der Waals surface area contributed by atoms with E-state index in [0.29, 0.717) is 18.5 Å². The molecule has 1 aliphatic heterocycles. The number of nitrogens with zero attached hydrogens (tertiary/aromatic N) is 2. The van der Waals surface area contributed by atoms with E-state index < -0.39 is 23.4 Å². The van der Waals surface area contributed by atoms with Crippen LogP contribution in [0.2, 0.25) is 0 Å². The van der Waals surface area contributed by atoms with Crippen LogP contribution in [0.4, 0.5) is 23.7 Å². The van der Waals surface area contributed by atoms with Crippen molar-refractivity contribution in [3.8, 4) is 0 Å². The van der Waals surface area contributed by atoms with Crippen LogP contribution in [0.1, 0.15) is 29.7 Å². The van der Waals surface area contributed by atoms with Crippen LogP contribution < -0.4 is 5.32 Å². The number of aromatic nitrogens is 1. The van der Waals surface area contributed by atoms with E-state index in [4.69, 9.17) is 0 Å². The number of amides is 2.